The summed E-state index contributed by atoms with van der Waals surface area (Å²) in [6.07, 6.45) is 0. The molecule has 0 bridgehead atoms. The number of rotatable bonds is 5. The van der Waals surface area contributed by atoms with Crippen molar-refractivity contribution in [2.45, 2.75) is 18.4 Å². The maximum absolute atomic E-state index is 12.6. The molecule has 0 saturated carbocycles. The summed E-state index contributed by atoms with van der Waals surface area (Å²) >= 11 is 9.25. The van der Waals surface area contributed by atoms with Gasteiger partial charge in [0.25, 0.3) is 0 Å². The van der Waals surface area contributed by atoms with E-state index >= 15 is 0 Å². The number of halogens is 2. The summed E-state index contributed by atoms with van der Waals surface area (Å²) in [4.78, 5) is 0.287. The zero-order chi connectivity index (χ0) is 15.5. The second-order valence-corrected chi connectivity index (χ2v) is 7.81. The van der Waals surface area contributed by atoms with Gasteiger partial charge in [-0.3, -0.25) is 0 Å². The molecule has 0 aliphatic carbocycles. The van der Waals surface area contributed by atoms with Gasteiger partial charge in [0.05, 0.1) is 4.90 Å². The van der Waals surface area contributed by atoms with Crippen LogP contribution < -0.4 is 0 Å². The molecule has 21 heavy (non-hydrogen) atoms. The van der Waals surface area contributed by atoms with E-state index < -0.39 is 10.0 Å². The maximum atomic E-state index is 12.6. The molecule has 2 aromatic rings. The lowest BCUT2D eigenvalue weighted by Gasteiger charge is -2.20. The van der Waals surface area contributed by atoms with Crippen LogP contribution in [0.15, 0.2) is 57.9 Å². The van der Waals surface area contributed by atoms with Crippen LogP contribution in [-0.4, -0.2) is 19.3 Å². The van der Waals surface area contributed by atoms with Crippen molar-refractivity contribution in [2.24, 2.45) is 0 Å². The molecule has 0 aliphatic rings. The van der Waals surface area contributed by atoms with Crippen molar-refractivity contribution in [1.29, 1.82) is 0 Å². The molecular weight excluding hydrogens is 374 g/mol. The molecule has 0 aromatic heterocycles. The van der Waals surface area contributed by atoms with Crippen molar-refractivity contribution < 1.29 is 8.42 Å². The highest BCUT2D eigenvalue weighted by Crippen LogP contribution is 2.21. The quantitative estimate of drug-likeness (QED) is 0.765. The molecule has 0 fully saturated rings. The van der Waals surface area contributed by atoms with Crippen LogP contribution in [0, 0.1) is 0 Å². The van der Waals surface area contributed by atoms with E-state index in [1.165, 1.54) is 4.31 Å². The Morgan fingerprint density at radius 2 is 1.81 bits per heavy atom. The van der Waals surface area contributed by atoms with Gasteiger partial charge in [-0.15, -0.1) is 0 Å². The lowest BCUT2D eigenvalue weighted by Crippen LogP contribution is -2.30. The van der Waals surface area contributed by atoms with Gasteiger partial charge in [0.2, 0.25) is 10.0 Å². The van der Waals surface area contributed by atoms with Crippen LogP contribution >= 0.6 is 27.5 Å². The summed E-state index contributed by atoms with van der Waals surface area (Å²) in [7, 11) is -3.51. The first kappa shape index (κ1) is 16.5. The number of nitrogens with zero attached hydrogens (tertiary/aromatic N) is 1. The summed E-state index contributed by atoms with van der Waals surface area (Å²) in [5, 5.41) is 0.601. The van der Waals surface area contributed by atoms with Gasteiger partial charge in [-0.2, -0.15) is 4.31 Å². The largest absolute Gasteiger partial charge is 0.243 e. The Morgan fingerprint density at radius 3 is 2.38 bits per heavy atom. The van der Waals surface area contributed by atoms with Gasteiger partial charge in [-0.05, 0) is 42.0 Å². The van der Waals surface area contributed by atoms with Crippen molar-refractivity contribution in [2.75, 3.05) is 6.54 Å². The van der Waals surface area contributed by atoms with E-state index in [2.05, 4.69) is 15.9 Å². The van der Waals surface area contributed by atoms with Crippen molar-refractivity contribution in [1.82, 2.24) is 4.31 Å². The molecule has 2 rings (SSSR count). The molecule has 6 heteroatoms. The summed E-state index contributed by atoms with van der Waals surface area (Å²) in [5.74, 6) is 0. The fourth-order valence-corrected chi connectivity index (χ4v) is 3.88. The minimum atomic E-state index is -3.51. The van der Waals surface area contributed by atoms with E-state index in [1.807, 2.05) is 19.1 Å². The smallest absolute Gasteiger partial charge is 0.207 e. The first-order chi connectivity index (χ1) is 9.93. The summed E-state index contributed by atoms with van der Waals surface area (Å²) in [6, 6.07) is 13.9. The highest BCUT2D eigenvalue weighted by Gasteiger charge is 2.23. The monoisotopic (exact) mass is 387 g/mol. The minimum absolute atomic E-state index is 0.287. The summed E-state index contributed by atoms with van der Waals surface area (Å²) in [6.45, 7) is 2.52. The lowest BCUT2D eigenvalue weighted by molar-refractivity contribution is 0.423. The first-order valence-electron chi connectivity index (χ1n) is 6.43. The van der Waals surface area contributed by atoms with Crippen LogP contribution in [0.2, 0.25) is 5.02 Å². The van der Waals surface area contributed by atoms with Gasteiger partial charge < -0.3 is 0 Å². The van der Waals surface area contributed by atoms with Crippen LogP contribution in [0.3, 0.4) is 0 Å². The Hall–Kier alpha value is -0.880. The third kappa shape index (κ3) is 4.07. The maximum Gasteiger partial charge on any atom is 0.243 e. The van der Waals surface area contributed by atoms with E-state index in [0.29, 0.717) is 18.1 Å². The van der Waals surface area contributed by atoms with Crippen LogP contribution in [0.1, 0.15) is 12.5 Å². The van der Waals surface area contributed by atoms with Gasteiger partial charge in [0.1, 0.15) is 0 Å². The van der Waals surface area contributed by atoms with Crippen LogP contribution in [0.4, 0.5) is 0 Å². The second kappa shape index (κ2) is 6.92. The fraction of sp³-hybridized carbons (Fsp3) is 0.200. The summed E-state index contributed by atoms with van der Waals surface area (Å²) < 4.78 is 27.6. The Morgan fingerprint density at radius 1 is 1.14 bits per heavy atom. The van der Waals surface area contributed by atoms with Gasteiger partial charge in [0.15, 0.2) is 0 Å². The Balaban J connectivity index is 2.29. The normalized spacial score (nSPS) is 11.8. The van der Waals surface area contributed by atoms with Crippen molar-refractivity contribution in [3.05, 3.63) is 63.6 Å². The van der Waals surface area contributed by atoms with Gasteiger partial charge >= 0.3 is 0 Å². The Bertz CT molecular complexity index is 717. The van der Waals surface area contributed by atoms with E-state index in [9.17, 15) is 8.42 Å². The van der Waals surface area contributed by atoms with Crippen LogP contribution in [0.25, 0.3) is 0 Å². The average molecular weight is 389 g/mol. The molecular formula is C15H15BrClNO2S. The molecule has 0 amide bonds. The molecule has 0 heterocycles. The molecule has 3 nitrogen and oxygen atoms in total. The van der Waals surface area contributed by atoms with Crippen LogP contribution in [0.5, 0.6) is 0 Å². The van der Waals surface area contributed by atoms with Crippen molar-refractivity contribution >= 4 is 37.6 Å². The Labute approximate surface area is 138 Å². The molecule has 0 radical (unpaired) electrons. The molecule has 0 atom stereocenters. The highest BCUT2D eigenvalue weighted by molar-refractivity contribution is 9.10. The fourth-order valence-electron chi connectivity index (χ4n) is 1.96. The number of hydrogen-bond acceptors (Lipinski definition) is 2. The molecule has 0 aliphatic heterocycles. The van der Waals surface area contributed by atoms with E-state index in [4.69, 9.17) is 11.6 Å². The number of hydrogen-bond donors (Lipinski definition) is 0. The van der Waals surface area contributed by atoms with Crippen molar-refractivity contribution in [3.63, 3.8) is 0 Å². The van der Waals surface area contributed by atoms with E-state index in [1.54, 1.807) is 36.4 Å². The molecule has 0 spiro atoms. The molecule has 2 aromatic carbocycles. The zero-order valence-corrected chi connectivity index (χ0v) is 14.6. The predicted octanol–water partition coefficient (Wildman–Crippen LogP) is 4.31. The third-order valence-electron chi connectivity index (χ3n) is 3.05. The summed E-state index contributed by atoms with van der Waals surface area (Å²) in [5.41, 5.74) is 0.866. The van der Waals surface area contributed by atoms with E-state index in [0.717, 1.165) is 10.0 Å². The minimum Gasteiger partial charge on any atom is -0.207 e. The lowest BCUT2D eigenvalue weighted by atomic mass is 10.2. The van der Waals surface area contributed by atoms with Gasteiger partial charge in [-0.1, -0.05) is 46.6 Å². The SMILES string of the molecule is CCN(Cc1cccc(Cl)c1)S(=O)(=O)c1ccc(Br)cc1. The average Bonchev–Trinajstić information content (AvgIpc) is 2.45. The van der Waals surface area contributed by atoms with Gasteiger partial charge in [-0.25, -0.2) is 8.42 Å². The molecule has 0 unspecified atom stereocenters. The standard InChI is InChI=1S/C15H15BrClNO2S/c1-2-18(11-12-4-3-5-14(17)10-12)21(19,20)15-8-6-13(16)7-9-15/h3-10H,2,11H2,1H3. The van der Waals surface area contributed by atoms with E-state index in [-0.39, 0.29) is 4.90 Å². The zero-order valence-electron chi connectivity index (χ0n) is 11.5. The Kier molecular flexibility index (Phi) is 5.43. The molecule has 0 N–H and O–H groups in total. The second-order valence-electron chi connectivity index (χ2n) is 4.52. The third-order valence-corrected chi connectivity index (χ3v) is 5.75. The topological polar surface area (TPSA) is 37.4 Å². The van der Waals surface area contributed by atoms with Crippen LogP contribution in [-0.2, 0) is 16.6 Å². The molecule has 0 saturated heterocycles. The number of benzene rings is 2. The van der Waals surface area contributed by atoms with Gasteiger partial charge in [0, 0.05) is 22.6 Å². The van der Waals surface area contributed by atoms with Crippen molar-refractivity contribution in [3.8, 4) is 0 Å². The predicted molar refractivity (Wildman–Crippen MR) is 88.9 cm³/mol. The first-order valence-corrected chi connectivity index (χ1v) is 9.04. The number of sulfonamides is 1. The highest BCUT2D eigenvalue weighted by atomic mass is 79.9. The molecule has 112 valence electrons.